The lowest BCUT2D eigenvalue weighted by atomic mass is 9.92. The molecule has 2 N–H and O–H groups in total. The third-order valence-corrected chi connectivity index (χ3v) is 4.15. The maximum Gasteiger partial charge on any atom is 0.407 e. The molecule has 0 unspecified atom stereocenters. The average Bonchev–Trinajstić information content (AvgIpc) is 2.74. The number of anilines is 1. The number of aryl methyl sites for hydroxylation is 1. The van der Waals surface area contributed by atoms with E-state index in [-0.39, 0.29) is 0 Å². The first kappa shape index (κ1) is 15.2. The summed E-state index contributed by atoms with van der Waals surface area (Å²) < 4.78 is 0. The van der Waals surface area contributed by atoms with E-state index >= 15 is 0 Å². The first-order valence-corrected chi connectivity index (χ1v) is 7.75. The van der Waals surface area contributed by atoms with Crippen LogP contribution in [-0.2, 0) is 6.42 Å². The molecule has 1 aliphatic rings. The van der Waals surface area contributed by atoms with Crippen LogP contribution in [0.5, 0.6) is 0 Å². The number of fused-ring (bicyclic) bond motifs is 3. The molecule has 118 valence electrons. The summed E-state index contributed by atoms with van der Waals surface area (Å²) in [4.78, 5) is 12.2. The number of hydrogen-bond donors (Lipinski definition) is 2. The van der Waals surface area contributed by atoms with Crippen LogP contribution in [0, 0.1) is 0 Å². The SMILES string of the molecule is CN(CCCc1cccc2c1-c1ccccc1C=CN2)C(=O)O. The maximum absolute atomic E-state index is 10.9. The molecule has 3 rings (SSSR count). The Morgan fingerprint density at radius 2 is 2.00 bits per heavy atom. The second-order valence-electron chi connectivity index (χ2n) is 5.71. The first-order chi connectivity index (χ1) is 11.2. The zero-order chi connectivity index (χ0) is 16.2. The third-order valence-electron chi connectivity index (χ3n) is 4.15. The van der Waals surface area contributed by atoms with Crippen molar-refractivity contribution in [1.29, 1.82) is 0 Å². The number of carboxylic acid groups (broad SMARTS) is 1. The van der Waals surface area contributed by atoms with Gasteiger partial charge in [-0.05, 0) is 41.7 Å². The molecule has 4 heteroatoms. The molecule has 0 atom stereocenters. The van der Waals surface area contributed by atoms with E-state index in [1.54, 1.807) is 7.05 Å². The van der Waals surface area contributed by atoms with Crippen LogP contribution in [0.1, 0.15) is 17.5 Å². The smallest absolute Gasteiger partial charge is 0.407 e. The van der Waals surface area contributed by atoms with Gasteiger partial charge in [0.25, 0.3) is 0 Å². The summed E-state index contributed by atoms with van der Waals surface area (Å²) in [6.45, 7) is 0.534. The van der Waals surface area contributed by atoms with Gasteiger partial charge in [0, 0.05) is 31.0 Å². The molecule has 0 saturated carbocycles. The zero-order valence-electron chi connectivity index (χ0n) is 13.1. The van der Waals surface area contributed by atoms with Gasteiger partial charge in [0.15, 0.2) is 0 Å². The molecular weight excluding hydrogens is 288 g/mol. The van der Waals surface area contributed by atoms with Gasteiger partial charge in [-0.1, -0.05) is 36.4 Å². The fourth-order valence-corrected chi connectivity index (χ4v) is 2.94. The normalized spacial score (nSPS) is 11.9. The van der Waals surface area contributed by atoms with Gasteiger partial charge < -0.3 is 15.3 Å². The summed E-state index contributed by atoms with van der Waals surface area (Å²) >= 11 is 0. The van der Waals surface area contributed by atoms with Crippen molar-refractivity contribution in [3.8, 4) is 11.1 Å². The van der Waals surface area contributed by atoms with Crippen molar-refractivity contribution in [2.75, 3.05) is 18.9 Å². The van der Waals surface area contributed by atoms with Crippen LogP contribution in [0.4, 0.5) is 10.5 Å². The Balaban J connectivity index is 1.90. The topological polar surface area (TPSA) is 52.6 Å². The van der Waals surface area contributed by atoms with Gasteiger partial charge in [-0.15, -0.1) is 0 Å². The largest absolute Gasteiger partial charge is 0.465 e. The van der Waals surface area contributed by atoms with E-state index in [1.165, 1.54) is 27.2 Å². The van der Waals surface area contributed by atoms with Crippen molar-refractivity contribution in [2.24, 2.45) is 0 Å². The summed E-state index contributed by atoms with van der Waals surface area (Å²) in [6.07, 6.45) is 4.81. The number of amides is 1. The van der Waals surface area contributed by atoms with E-state index in [9.17, 15) is 4.79 Å². The van der Waals surface area contributed by atoms with Gasteiger partial charge in [-0.2, -0.15) is 0 Å². The fraction of sp³-hybridized carbons (Fsp3) is 0.211. The van der Waals surface area contributed by atoms with Crippen molar-refractivity contribution in [2.45, 2.75) is 12.8 Å². The molecule has 1 amide bonds. The Kier molecular flexibility index (Phi) is 4.33. The molecule has 2 aromatic rings. The van der Waals surface area contributed by atoms with Gasteiger partial charge in [0.1, 0.15) is 0 Å². The number of benzene rings is 2. The van der Waals surface area contributed by atoms with Crippen molar-refractivity contribution < 1.29 is 9.90 Å². The molecule has 0 spiro atoms. The number of rotatable bonds is 4. The number of nitrogens with one attached hydrogen (secondary N) is 1. The summed E-state index contributed by atoms with van der Waals surface area (Å²) in [7, 11) is 1.61. The summed E-state index contributed by atoms with van der Waals surface area (Å²) in [5, 5.41) is 12.3. The molecule has 0 saturated heterocycles. The molecule has 23 heavy (non-hydrogen) atoms. The Morgan fingerprint density at radius 3 is 2.83 bits per heavy atom. The molecule has 0 aromatic heterocycles. The lowest BCUT2D eigenvalue weighted by molar-refractivity contribution is 0.155. The number of carbonyl (C=O) groups is 1. The van der Waals surface area contributed by atoms with Crippen LogP contribution in [0.3, 0.4) is 0 Å². The highest BCUT2D eigenvalue weighted by Gasteiger charge is 2.15. The highest BCUT2D eigenvalue weighted by atomic mass is 16.4. The third kappa shape index (κ3) is 3.21. The minimum atomic E-state index is -0.881. The Bertz CT molecular complexity index is 753. The van der Waals surface area contributed by atoms with Gasteiger partial charge in [0.2, 0.25) is 0 Å². The second-order valence-corrected chi connectivity index (χ2v) is 5.71. The predicted molar refractivity (Wildman–Crippen MR) is 93.5 cm³/mol. The van der Waals surface area contributed by atoms with Crippen LogP contribution in [-0.4, -0.2) is 29.7 Å². The average molecular weight is 308 g/mol. The van der Waals surface area contributed by atoms with Crippen molar-refractivity contribution in [1.82, 2.24) is 4.90 Å². The summed E-state index contributed by atoms with van der Waals surface area (Å²) in [6, 6.07) is 14.6. The van der Waals surface area contributed by atoms with E-state index in [0.29, 0.717) is 6.54 Å². The second kappa shape index (κ2) is 6.57. The first-order valence-electron chi connectivity index (χ1n) is 7.75. The van der Waals surface area contributed by atoms with Crippen LogP contribution in [0.25, 0.3) is 17.2 Å². The van der Waals surface area contributed by atoms with Crippen LogP contribution in [0.2, 0.25) is 0 Å². The van der Waals surface area contributed by atoms with Gasteiger partial charge >= 0.3 is 6.09 Å². The minimum absolute atomic E-state index is 0.534. The Morgan fingerprint density at radius 1 is 1.17 bits per heavy atom. The summed E-state index contributed by atoms with van der Waals surface area (Å²) in [5.74, 6) is 0. The van der Waals surface area contributed by atoms with Gasteiger partial charge in [-0.3, -0.25) is 0 Å². The fourth-order valence-electron chi connectivity index (χ4n) is 2.94. The predicted octanol–water partition coefficient (Wildman–Crippen LogP) is 4.29. The maximum atomic E-state index is 10.9. The van der Waals surface area contributed by atoms with Crippen LogP contribution in [0.15, 0.2) is 48.7 Å². The molecule has 0 bridgehead atoms. The van der Waals surface area contributed by atoms with Crippen molar-refractivity contribution in [3.63, 3.8) is 0 Å². The van der Waals surface area contributed by atoms with E-state index in [2.05, 4.69) is 41.7 Å². The minimum Gasteiger partial charge on any atom is -0.465 e. The molecule has 0 fully saturated rings. The number of hydrogen-bond acceptors (Lipinski definition) is 2. The van der Waals surface area contributed by atoms with Gasteiger partial charge in [-0.25, -0.2) is 4.79 Å². The molecule has 1 heterocycles. The molecule has 2 aromatic carbocycles. The summed E-state index contributed by atoms with van der Waals surface area (Å²) in [5.41, 5.74) is 5.95. The molecule has 1 aliphatic heterocycles. The van der Waals surface area contributed by atoms with E-state index in [1.807, 2.05) is 18.3 Å². The monoisotopic (exact) mass is 308 g/mol. The molecule has 0 radical (unpaired) electrons. The van der Waals surface area contributed by atoms with Crippen LogP contribution >= 0.6 is 0 Å². The van der Waals surface area contributed by atoms with Crippen molar-refractivity contribution in [3.05, 3.63) is 59.8 Å². The quantitative estimate of drug-likeness (QED) is 0.885. The van der Waals surface area contributed by atoms with Crippen LogP contribution < -0.4 is 5.32 Å². The zero-order valence-corrected chi connectivity index (χ0v) is 13.1. The van der Waals surface area contributed by atoms with E-state index in [4.69, 9.17) is 5.11 Å². The lowest BCUT2D eigenvalue weighted by Gasteiger charge is -2.17. The van der Waals surface area contributed by atoms with E-state index < -0.39 is 6.09 Å². The Labute approximate surface area is 136 Å². The molecular formula is C19H20N2O2. The molecule has 0 aliphatic carbocycles. The lowest BCUT2D eigenvalue weighted by Crippen LogP contribution is -2.25. The number of nitrogens with zero attached hydrogens (tertiary/aromatic N) is 1. The van der Waals surface area contributed by atoms with Crippen molar-refractivity contribution >= 4 is 17.9 Å². The standard InChI is InChI=1S/C19H20N2O2/c1-21(19(22)23)13-5-8-15-7-4-10-17-18(15)16-9-3-2-6-14(16)11-12-20-17/h2-4,6-7,9-12,20H,5,8,13H2,1H3,(H,22,23). The highest BCUT2D eigenvalue weighted by molar-refractivity contribution is 5.89. The Hall–Kier alpha value is -2.75. The van der Waals surface area contributed by atoms with Gasteiger partial charge in [0.05, 0.1) is 0 Å². The van der Waals surface area contributed by atoms with E-state index in [0.717, 1.165) is 18.5 Å². The molecule has 4 nitrogen and oxygen atoms in total. The highest BCUT2D eigenvalue weighted by Crippen LogP contribution is 2.37.